The minimum absolute atomic E-state index is 0.175. The van der Waals surface area contributed by atoms with Crippen LogP contribution in [-0.4, -0.2) is 5.12 Å². The van der Waals surface area contributed by atoms with Gasteiger partial charge in [0.1, 0.15) is 0 Å². The van der Waals surface area contributed by atoms with Crippen LogP contribution in [0.4, 0.5) is 0 Å². The summed E-state index contributed by atoms with van der Waals surface area (Å²) in [5, 5.41) is 0.175. The second-order valence-corrected chi connectivity index (χ2v) is 4.81. The third kappa shape index (κ3) is 3.58. The molecule has 0 atom stereocenters. The van der Waals surface area contributed by atoms with E-state index in [9.17, 15) is 4.79 Å². The Balaban J connectivity index is 2.57. The van der Waals surface area contributed by atoms with Crippen molar-refractivity contribution in [2.45, 2.75) is 12.7 Å². The van der Waals surface area contributed by atoms with Gasteiger partial charge in [0.2, 0.25) is 0 Å². The number of thioether (sulfide) groups is 1. The minimum Gasteiger partial charge on any atom is -0.288 e. The molecule has 0 aliphatic rings. The Hall–Kier alpha value is -0.0300. The van der Waals surface area contributed by atoms with Crippen molar-refractivity contribution >= 4 is 39.5 Å². The molecule has 0 aromatic heterocycles. The van der Waals surface area contributed by atoms with Gasteiger partial charge in [-0.25, -0.2) is 0 Å². The van der Waals surface area contributed by atoms with Crippen LogP contribution >= 0.6 is 34.4 Å². The van der Waals surface area contributed by atoms with Gasteiger partial charge in [-0.3, -0.25) is 4.79 Å². The lowest BCUT2D eigenvalue weighted by atomic mass is 10.2. The lowest BCUT2D eigenvalue weighted by Gasteiger charge is -1.98. The molecule has 0 unspecified atom stereocenters. The fourth-order valence-corrected chi connectivity index (χ4v) is 1.97. The Bertz CT molecular complexity index is 286. The van der Waals surface area contributed by atoms with Crippen LogP contribution in [0, 0.1) is 3.57 Å². The number of hydrogen-bond acceptors (Lipinski definition) is 2. The molecule has 1 rings (SSSR count). The van der Waals surface area contributed by atoms with Crippen LogP contribution in [0.5, 0.6) is 0 Å². The predicted molar refractivity (Wildman–Crippen MR) is 61.1 cm³/mol. The van der Waals surface area contributed by atoms with Crippen molar-refractivity contribution in [3.63, 3.8) is 0 Å². The first-order valence-corrected chi connectivity index (χ1v) is 5.63. The molecule has 0 amide bonds. The van der Waals surface area contributed by atoms with E-state index in [1.807, 2.05) is 18.2 Å². The lowest BCUT2D eigenvalue weighted by molar-refractivity contribution is -0.109. The summed E-state index contributed by atoms with van der Waals surface area (Å²) in [7, 11) is 0. The lowest BCUT2D eigenvalue weighted by Crippen LogP contribution is -1.85. The molecule has 0 aliphatic heterocycles. The van der Waals surface area contributed by atoms with Gasteiger partial charge in [-0.15, -0.1) is 0 Å². The van der Waals surface area contributed by atoms with Gasteiger partial charge in [0.05, 0.1) is 0 Å². The zero-order chi connectivity index (χ0) is 8.97. The minimum atomic E-state index is 0.175. The molecule has 0 fully saturated rings. The third-order valence-electron chi connectivity index (χ3n) is 1.33. The maximum Gasteiger partial charge on any atom is 0.186 e. The summed E-state index contributed by atoms with van der Waals surface area (Å²) < 4.78 is 1.22. The first kappa shape index (κ1) is 10.1. The number of rotatable bonds is 2. The van der Waals surface area contributed by atoms with E-state index in [0.717, 1.165) is 5.75 Å². The van der Waals surface area contributed by atoms with E-state index in [0.29, 0.717) is 0 Å². The topological polar surface area (TPSA) is 17.1 Å². The van der Waals surface area contributed by atoms with Crippen molar-refractivity contribution in [3.05, 3.63) is 33.4 Å². The molecule has 0 aliphatic carbocycles. The highest BCUT2D eigenvalue weighted by Gasteiger charge is 1.96. The summed E-state index contributed by atoms with van der Waals surface area (Å²) in [6.45, 7) is 1.60. The first-order chi connectivity index (χ1) is 5.68. The smallest absolute Gasteiger partial charge is 0.186 e. The monoisotopic (exact) mass is 292 g/mol. The van der Waals surface area contributed by atoms with Gasteiger partial charge in [0.15, 0.2) is 5.12 Å². The van der Waals surface area contributed by atoms with E-state index in [4.69, 9.17) is 0 Å². The number of benzene rings is 1. The Morgan fingerprint density at radius 2 is 2.33 bits per heavy atom. The Kier molecular flexibility index (Phi) is 4.08. The molecule has 0 saturated heterocycles. The Morgan fingerprint density at radius 3 is 2.92 bits per heavy atom. The van der Waals surface area contributed by atoms with Crippen molar-refractivity contribution in [1.29, 1.82) is 0 Å². The maximum atomic E-state index is 10.7. The maximum absolute atomic E-state index is 10.7. The van der Waals surface area contributed by atoms with E-state index in [2.05, 4.69) is 28.7 Å². The molecule has 0 saturated carbocycles. The van der Waals surface area contributed by atoms with Gasteiger partial charge < -0.3 is 0 Å². The van der Waals surface area contributed by atoms with E-state index in [1.54, 1.807) is 6.92 Å². The Morgan fingerprint density at radius 1 is 1.58 bits per heavy atom. The second-order valence-electron chi connectivity index (χ2n) is 2.41. The third-order valence-corrected chi connectivity index (χ3v) is 2.89. The summed E-state index contributed by atoms with van der Waals surface area (Å²) in [5.41, 5.74) is 1.21. The van der Waals surface area contributed by atoms with Crippen LogP contribution in [0.1, 0.15) is 12.5 Å². The average molecular weight is 292 g/mol. The van der Waals surface area contributed by atoms with E-state index in [1.165, 1.54) is 20.9 Å². The summed E-state index contributed by atoms with van der Waals surface area (Å²) in [4.78, 5) is 10.7. The standard InChI is InChI=1S/C9H9IOS/c1-7(11)12-6-8-3-2-4-9(10)5-8/h2-5H,6H2,1H3. The zero-order valence-corrected chi connectivity index (χ0v) is 9.68. The van der Waals surface area contributed by atoms with Crippen LogP contribution in [0.25, 0.3) is 0 Å². The molecule has 0 radical (unpaired) electrons. The molecule has 0 heterocycles. The summed E-state index contributed by atoms with van der Waals surface area (Å²) in [5.74, 6) is 0.784. The van der Waals surface area contributed by atoms with Crippen molar-refractivity contribution in [2.24, 2.45) is 0 Å². The van der Waals surface area contributed by atoms with Gasteiger partial charge >= 0.3 is 0 Å². The molecule has 1 nitrogen and oxygen atoms in total. The van der Waals surface area contributed by atoms with Gasteiger partial charge in [0.25, 0.3) is 0 Å². The number of carbonyl (C=O) groups is 1. The number of hydrogen-bond donors (Lipinski definition) is 0. The normalized spacial score (nSPS) is 9.83. The fraction of sp³-hybridized carbons (Fsp3) is 0.222. The molecular weight excluding hydrogens is 283 g/mol. The van der Waals surface area contributed by atoms with Crippen LogP contribution in [0.3, 0.4) is 0 Å². The molecule has 0 N–H and O–H groups in total. The second kappa shape index (κ2) is 4.87. The molecule has 64 valence electrons. The van der Waals surface area contributed by atoms with E-state index >= 15 is 0 Å². The molecule has 12 heavy (non-hydrogen) atoms. The van der Waals surface area contributed by atoms with Crippen molar-refractivity contribution in [3.8, 4) is 0 Å². The molecule has 3 heteroatoms. The Labute approximate surface area is 90.1 Å². The highest BCUT2D eigenvalue weighted by molar-refractivity contribution is 14.1. The molecular formula is C9H9IOS. The quantitative estimate of drug-likeness (QED) is 0.779. The number of carbonyl (C=O) groups excluding carboxylic acids is 1. The fourth-order valence-electron chi connectivity index (χ4n) is 0.812. The summed E-state index contributed by atoms with van der Waals surface area (Å²) in [6, 6.07) is 8.19. The van der Waals surface area contributed by atoms with Gasteiger partial charge in [0, 0.05) is 16.2 Å². The molecule has 0 bridgehead atoms. The van der Waals surface area contributed by atoms with Crippen LogP contribution < -0.4 is 0 Å². The van der Waals surface area contributed by atoms with Gasteiger partial charge in [-0.1, -0.05) is 23.9 Å². The van der Waals surface area contributed by atoms with E-state index in [-0.39, 0.29) is 5.12 Å². The predicted octanol–water partition coefficient (Wildman–Crippen LogP) is 3.07. The van der Waals surface area contributed by atoms with Crippen molar-refractivity contribution in [2.75, 3.05) is 0 Å². The number of halogens is 1. The first-order valence-electron chi connectivity index (χ1n) is 3.56. The molecule has 1 aromatic carbocycles. The van der Waals surface area contributed by atoms with Crippen LogP contribution in [-0.2, 0) is 10.5 Å². The van der Waals surface area contributed by atoms with Crippen LogP contribution in [0.15, 0.2) is 24.3 Å². The highest BCUT2D eigenvalue weighted by Crippen LogP contribution is 2.14. The van der Waals surface area contributed by atoms with Gasteiger partial charge in [-0.05, 0) is 40.3 Å². The summed E-state index contributed by atoms with van der Waals surface area (Å²) >= 11 is 3.62. The molecule has 0 spiro atoms. The van der Waals surface area contributed by atoms with Gasteiger partial charge in [-0.2, -0.15) is 0 Å². The largest absolute Gasteiger partial charge is 0.288 e. The van der Waals surface area contributed by atoms with E-state index < -0.39 is 0 Å². The molecule has 1 aromatic rings. The SMILES string of the molecule is CC(=O)SCc1cccc(I)c1. The average Bonchev–Trinajstić information content (AvgIpc) is 2.01. The van der Waals surface area contributed by atoms with Crippen LogP contribution in [0.2, 0.25) is 0 Å². The highest BCUT2D eigenvalue weighted by atomic mass is 127. The zero-order valence-electron chi connectivity index (χ0n) is 6.71. The summed E-state index contributed by atoms with van der Waals surface area (Å²) in [6.07, 6.45) is 0. The van der Waals surface area contributed by atoms with Crippen molar-refractivity contribution < 1.29 is 4.79 Å². The van der Waals surface area contributed by atoms with Crippen molar-refractivity contribution in [1.82, 2.24) is 0 Å².